The molecule has 0 fully saturated rings. The summed E-state index contributed by atoms with van der Waals surface area (Å²) in [6, 6.07) is 16.4. The first kappa shape index (κ1) is 12.6. The normalized spacial score (nSPS) is 9.89. The number of fused-ring (bicyclic) bond motifs is 2. The average Bonchev–Trinajstić information content (AvgIpc) is 2.38. The van der Waals surface area contributed by atoms with Crippen molar-refractivity contribution in [3.63, 3.8) is 0 Å². The summed E-state index contributed by atoms with van der Waals surface area (Å²) in [5, 5.41) is 14.8. The van der Waals surface area contributed by atoms with Crippen molar-refractivity contribution >= 4 is 22.1 Å². The first-order valence-corrected chi connectivity index (χ1v) is 5.52. The summed E-state index contributed by atoms with van der Waals surface area (Å²) in [5.74, 6) is 0.795. The molecule has 96 valence electrons. The Morgan fingerprint density at radius 3 is 2.42 bits per heavy atom. The predicted octanol–water partition coefficient (Wildman–Crippen LogP) is 1.70. The van der Waals surface area contributed by atoms with Gasteiger partial charge in [0.05, 0.1) is 11.6 Å². The largest absolute Gasteiger partial charge is 0.472 e. The highest BCUT2D eigenvalue weighted by Gasteiger charge is 2.08. The van der Waals surface area contributed by atoms with Crippen molar-refractivity contribution in [1.82, 2.24) is 0 Å². The van der Waals surface area contributed by atoms with Crippen molar-refractivity contribution in [3.8, 4) is 0 Å². The molecule has 2 heterocycles. The minimum Gasteiger partial charge on any atom is -0.286 e. The Hall–Kier alpha value is -2.89. The second-order valence-electron chi connectivity index (χ2n) is 3.87. The highest BCUT2D eigenvalue weighted by molar-refractivity contribution is 5.91. The van der Waals surface area contributed by atoms with Gasteiger partial charge in [0.15, 0.2) is 0 Å². The van der Waals surface area contributed by atoms with Gasteiger partial charge in [-0.3, -0.25) is 5.73 Å². The van der Waals surface area contributed by atoms with E-state index in [-0.39, 0.29) is 0 Å². The fourth-order valence-electron chi connectivity index (χ4n) is 1.94. The van der Waals surface area contributed by atoms with Gasteiger partial charge in [-0.15, -0.1) is 0 Å². The van der Waals surface area contributed by atoms with E-state index in [1.54, 1.807) is 0 Å². The van der Waals surface area contributed by atoms with Crippen molar-refractivity contribution < 1.29 is 19.9 Å². The van der Waals surface area contributed by atoms with Gasteiger partial charge in [-0.2, -0.15) is 4.40 Å². The third-order valence-corrected chi connectivity index (χ3v) is 2.69. The van der Waals surface area contributed by atoms with Crippen molar-refractivity contribution in [3.05, 3.63) is 59.6 Å². The van der Waals surface area contributed by atoms with Gasteiger partial charge in [-0.05, 0) is 29.7 Å². The van der Waals surface area contributed by atoms with Gasteiger partial charge in [-0.1, -0.05) is 24.3 Å². The van der Waals surface area contributed by atoms with E-state index in [9.17, 15) is 0 Å². The maximum absolute atomic E-state index is 8.47. The van der Waals surface area contributed by atoms with Crippen LogP contribution in [0, 0.1) is 4.91 Å². The molecule has 6 nitrogen and oxygen atoms in total. The molecule has 6 heteroatoms. The summed E-state index contributed by atoms with van der Waals surface area (Å²) in [7, 11) is 0. The van der Waals surface area contributed by atoms with Crippen molar-refractivity contribution in [1.29, 1.82) is 0 Å². The Labute approximate surface area is 108 Å². The van der Waals surface area contributed by atoms with Gasteiger partial charge >= 0.3 is 5.09 Å². The number of anilines is 1. The zero-order valence-electron chi connectivity index (χ0n) is 9.97. The lowest BCUT2D eigenvalue weighted by Crippen LogP contribution is -2.25. The number of rotatable bonds is 0. The second kappa shape index (κ2) is 5.18. The number of nitrogens with zero attached hydrogens (tertiary/aromatic N) is 2. The van der Waals surface area contributed by atoms with Crippen molar-refractivity contribution in [2.45, 2.75) is 0 Å². The van der Waals surface area contributed by atoms with Gasteiger partial charge < -0.3 is 0 Å². The molecule has 2 aromatic heterocycles. The Bertz CT molecular complexity index is 685. The number of hydrogen-bond acceptors (Lipinski definition) is 2. The van der Waals surface area contributed by atoms with E-state index in [0.717, 1.165) is 16.7 Å². The fourth-order valence-corrected chi connectivity index (χ4v) is 1.94. The Morgan fingerprint density at radius 1 is 1.05 bits per heavy atom. The summed E-state index contributed by atoms with van der Waals surface area (Å²) in [6.45, 7) is 0. The number of benzene rings is 1. The minimum absolute atomic E-state index is 0.795. The van der Waals surface area contributed by atoms with E-state index in [1.807, 2.05) is 40.9 Å². The molecule has 0 radical (unpaired) electrons. The summed E-state index contributed by atoms with van der Waals surface area (Å²) in [5.41, 5.74) is 7.24. The predicted molar refractivity (Wildman–Crippen MR) is 68.7 cm³/mol. The Morgan fingerprint density at radius 2 is 1.68 bits per heavy atom. The van der Waals surface area contributed by atoms with Crippen LogP contribution in [0.3, 0.4) is 0 Å². The van der Waals surface area contributed by atoms with Crippen LogP contribution in [0.1, 0.15) is 0 Å². The number of nitrogens with two attached hydrogens (primary N) is 1. The molecule has 19 heavy (non-hydrogen) atoms. The van der Waals surface area contributed by atoms with Crippen LogP contribution in [0.2, 0.25) is 0 Å². The van der Waals surface area contributed by atoms with E-state index < -0.39 is 5.09 Å². The monoisotopic (exact) mass is 259 g/mol. The molecule has 0 aliphatic rings. The molecule has 3 rings (SSSR count). The number of nitrogen functional groups attached to an aromatic ring is 1. The second-order valence-corrected chi connectivity index (χ2v) is 3.87. The van der Waals surface area contributed by atoms with Crippen LogP contribution in [0.25, 0.3) is 16.3 Å². The van der Waals surface area contributed by atoms with Crippen LogP contribution in [0.15, 0.2) is 54.7 Å². The van der Waals surface area contributed by atoms with Gasteiger partial charge in [0, 0.05) is 0 Å². The highest BCUT2D eigenvalue weighted by atomic mass is 16.9. The van der Waals surface area contributed by atoms with Crippen LogP contribution < -0.4 is 10.1 Å². The van der Waals surface area contributed by atoms with Crippen LogP contribution >= 0.6 is 0 Å². The molecule has 4 N–H and O–H groups in total. The molecule has 0 saturated carbocycles. The maximum atomic E-state index is 8.47. The van der Waals surface area contributed by atoms with E-state index >= 15 is 0 Å². The highest BCUT2D eigenvalue weighted by Crippen LogP contribution is 2.18. The first-order chi connectivity index (χ1) is 9.09. The van der Waals surface area contributed by atoms with Crippen LogP contribution in [0.5, 0.6) is 0 Å². The molecule has 0 aliphatic heterocycles. The standard InChI is InChI=1S/C13H10N2.H2NO3/c14-13-12-7-2-1-5-10(12)9-11-6-3-4-8-15(11)13;2-1(3)4/h1-9,14H;(H2,2,3,4)/q;+1/p+1. The summed E-state index contributed by atoms with van der Waals surface area (Å²) < 4.78 is 2.00. The van der Waals surface area contributed by atoms with Gasteiger partial charge in [-0.25, -0.2) is 10.4 Å². The fraction of sp³-hybridized carbons (Fsp3) is 0. The minimum atomic E-state index is -1.25. The third-order valence-electron chi connectivity index (χ3n) is 2.69. The molecule has 0 amide bonds. The summed E-state index contributed by atoms with van der Waals surface area (Å²) in [6.07, 6.45) is 1.98. The lowest BCUT2D eigenvalue weighted by molar-refractivity contribution is -0.969. The van der Waals surface area contributed by atoms with Gasteiger partial charge in [0.2, 0.25) is 0 Å². The third kappa shape index (κ3) is 2.68. The molecule has 0 saturated heterocycles. The first-order valence-electron chi connectivity index (χ1n) is 5.52. The molecular weight excluding hydrogens is 246 g/mol. The average molecular weight is 259 g/mol. The Balaban J connectivity index is 0.000000297. The van der Waals surface area contributed by atoms with E-state index in [1.165, 1.54) is 5.39 Å². The quantitative estimate of drug-likeness (QED) is 0.325. The molecule has 0 bridgehead atoms. The number of hydrogen-bond donors (Lipinski definition) is 3. The molecule has 3 aromatic rings. The van der Waals surface area contributed by atoms with E-state index in [2.05, 4.69) is 18.2 Å². The Kier molecular flexibility index (Phi) is 3.42. The van der Waals surface area contributed by atoms with Gasteiger partial charge in [0.25, 0.3) is 5.82 Å². The van der Waals surface area contributed by atoms with Gasteiger partial charge in [0.1, 0.15) is 10.4 Å². The molecule has 1 aromatic carbocycles. The summed E-state index contributed by atoms with van der Waals surface area (Å²) >= 11 is 0. The molecule has 0 aliphatic carbocycles. The topological polar surface area (TPSA) is 90.7 Å². The molecule has 0 spiro atoms. The zero-order chi connectivity index (χ0) is 13.8. The SMILES string of the molecule is Nc1c2ccccc2cc2cccc[n+]12.O=[N+](O)O. The summed E-state index contributed by atoms with van der Waals surface area (Å²) in [4.78, 5) is 8.47. The van der Waals surface area contributed by atoms with E-state index in [4.69, 9.17) is 21.1 Å². The molecular formula is C13H13N3O3+2. The lowest BCUT2D eigenvalue weighted by atomic mass is 10.1. The van der Waals surface area contributed by atoms with Crippen molar-refractivity contribution in [2.24, 2.45) is 0 Å². The van der Waals surface area contributed by atoms with Crippen molar-refractivity contribution in [2.75, 3.05) is 5.73 Å². The smallest absolute Gasteiger partial charge is 0.286 e. The number of aromatic nitrogens is 1. The van der Waals surface area contributed by atoms with E-state index in [0.29, 0.717) is 0 Å². The van der Waals surface area contributed by atoms with Crippen LogP contribution in [0.4, 0.5) is 5.82 Å². The maximum Gasteiger partial charge on any atom is 0.472 e. The van der Waals surface area contributed by atoms with Crippen LogP contribution in [-0.2, 0) is 0 Å². The molecule has 0 atom stereocenters. The van der Waals surface area contributed by atoms with Crippen LogP contribution in [-0.4, -0.2) is 15.5 Å². The zero-order valence-corrected chi connectivity index (χ0v) is 9.97. The molecule has 0 unspecified atom stereocenters. The lowest BCUT2D eigenvalue weighted by Gasteiger charge is -2.01. The number of pyridine rings is 2.